The van der Waals surface area contributed by atoms with E-state index in [0.717, 1.165) is 52.2 Å². The SMILES string of the molecule is CCC(CCN)N1CCN(C(C)C(=O)N2CCCC2)CC1. The standard InChI is InChI=1S/C16H32N4O/c1-3-15(6-7-17)19-12-10-18(11-13-19)14(2)16(21)20-8-4-5-9-20/h14-15H,3-13,17H2,1-2H3. The van der Waals surface area contributed by atoms with E-state index in [1.807, 2.05) is 4.90 Å². The topological polar surface area (TPSA) is 52.8 Å². The summed E-state index contributed by atoms with van der Waals surface area (Å²) in [6, 6.07) is 0.654. The Balaban J connectivity index is 1.81. The van der Waals surface area contributed by atoms with Crippen LogP contribution >= 0.6 is 0 Å². The molecule has 2 unspecified atom stereocenters. The van der Waals surface area contributed by atoms with Gasteiger partial charge in [0.2, 0.25) is 5.91 Å². The summed E-state index contributed by atoms with van der Waals surface area (Å²) in [5, 5.41) is 0. The Morgan fingerprint density at radius 1 is 1.05 bits per heavy atom. The zero-order valence-electron chi connectivity index (χ0n) is 13.8. The Morgan fingerprint density at radius 3 is 2.14 bits per heavy atom. The van der Waals surface area contributed by atoms with E-state index in [9.17, 15) is 4.79 Å². The van der Waals surface area contributed by atoms with Gasteiger partial charge in [-0.25, -0.2) is 0 Å². The summed E-state index contributed by atoms with van der Waals surface area (Å²) >= 11 is 0. The molecule has 21 heavy (non-hydrogen) atoms. The van der Waals surface area contributed by atoms with Crippen LogP contribution in [-0.4, -0.2) is 78.5 Å². The highest BCUT2D eigenvalue weighted by molar-refractivity contribution is 5.81. The van der Waals surface area contributed by atoms with Gasteiger partial charge in [-0.05, 0) is 39.2 Å². The maximum Gasteiger partial charge on any atom is 0.239 e. The molecule has 0 aliphatic carbocycles. The molecule has 0 radical (unpaired) electrons. The van der Waals surface area contributed by atoms with Crippen molar-refractivity contribution < 1.29 is 4.79 Å². The van der Waals surface area contributed by atoms with Gasteiger partial charge in [0, 0.05) is 45.3 Å². The molecule has 0 saturated carbocycles. The second-order valence-corrected chi connectivity index (χ2v) is 6.42. The van der Waals surface area contributed by atoms with E-state index in [-0.39, 0.29) is 6.04 Å². The van der Waals surface area contributed by atoms with Crippen molar-refractivity contribution in [2.24, 2.45) is 5.73 Å². The molecule has 0 aromatic heterocycles. The molecule has 5 heteroatoms. The van der Waals surface area contributed by atoms with Crippen LogP contribution in [0.5, 0.6) is 0 Å². The summed E-state index contributed by atoms with van der Waals surface area (Å²) in [6.45, 7) is 11.1. The minimum atomic E-state index is 0.0415. The molecule has 5 nitrogen and oxygen atoms in total. The van der Waals surface area contributed by atoms with Gasteiger partial charge in [0.1, 0.15) is 0 Å². The third-order valence-corrected chi connectivity index (χ3v) is 5.16. The van der Waals surface area contributed by atoms with Crippen molar-refractivity contribution in [3.63, 3.8) is 0 Å². The molecule has 2 atom stereocenters. The number of amides is 1. The second kappa shape index (κ2) is 8.11. The Hall–Kier alpha value is -0.650. The number of nitrogens with zero attached hydrogens (tertiary/aromatic N) is 3. The monoisotopic (exact) mass is 296 g/mol. The lowest BCUT2D eigenvalue weighted by Crippen LogP contribution is -2.56. The lowest BCUT2D eigenvalue weighted by molar-refractivity contribution is -0.136. The highest BCUT2D eigenvalue weighted by Gasteiger charge is 2.30. The molecule has 2 fully saturated rings. The van der Waals surface area contributed by atoms with Crippen molar-refractivity contribution in [2.45, 2.75) is 51.6 Å². The highest BCUT2D eigenvalue weighted by atomic mass is 16.2. The van der Waals surface area contributed by atoms with Gasteiger partial charge in [-0.2, -0.15) is 0 Å². The van der Waals surface area contributed by atoms with E-state index in [1.165, 1.54) is 19.3 Å². The van der Waals surface area contributed by atoms with Gasteiger partial charge in [-0.15, -0.1) is 0 Å². The van der Waals surface area contributed by atoms with Crippen molar-refractivity contribution in [1.82, 2.24) is 14.7 Å². The van der Waals surface area contributed by atoms with Crippen molar-refractivity contribution in [3.05, 3.63) is 0 Å². The lowest BCUT2D eigenvalue weighted by Gasteiger charge is -2.41. The molecule has 1 amide bonds. The van der Waals surface area contributed by atoms with Gasteiger partial charge in [0.15, 0.2) is 0 Å². The Morgan fingerprint density at radius 2 is 1.62 bits per heavy atom. The van der Waals surface area contributed by atoms with Crippen LogP contribution in [0.1, 0.15) is 39.5 Å². The smallest absolute Gasteiger partial charge is 0.239 e. The molecule has 2 heterocycles. The first-order valence-electron chi connectivity index (χ1n) is 8.64. The zero-order chi connectivity index (χ0) is 15.2. The van der Waals surface area contributed by atoms with Gasteiger partial charge < -0.3 is 10.6 Å². The summed E-state index contributed by atoms with van der Waals surface area (Å²) < 4.78 is 0. The summed E-state index contributed by atoms with van der Waals surface area (Å²) in [5.41, 5.74) is 5.71. The van der Waals surface area contributed by atoms with Crippen molar-refractivity contribution >= 4 is 5.91 Å². The third kappa shape index (κ3) is 4.18. The molecule has 2 rings (SSSR count). The highest BCUT2D eigenvalue weighted by Crippen LogP contribution is 2.16. The van der Waals surface area contributed by atoms with Gasteiger partial charge >= 0.3 is 0 Å². The first-order chi connectivity index (χ1) is 10.2. The van der Waals surface area contributed by atoms with Gasteiger partial charge in [0.05, 0.1) is 6.04 Å². The maximum atomic E-state index is 12.5. The number of hydrogen-bond donors (Lipinski definition) is 1. The van der Waals surface area contributed by atoms with Gasteiger partial charge in [-0.1, -0.05) is 6.92 Å². The minimum Gasteiger partial charge on any atom is -0.341 e. The molecule has 122 valence electrons. The molecule has 2 saturated heterocycles. The minimum absolute atomic E-state index is 0.0415. The van der Waals surface area contributed by atoms with E-state index in [0.29, 0.717) is 11.9 Å². The fourth-order valence-electron chi connectivity index (χ4n) is 3.69. The molecular weight excluding hydrogens is 264 g/mol. The van der Waals surface area contributed by atoms with Crippen LogP contribution in [-0.2, 0) is 4.79 Å². The quantitative estimate of drug-likeness (QED) is 0.785. The van der Waals surface area contributed by atoms with Crippen LogP contribution in [0.25, 0.3) is 0 Å². The van der Waals surface area contributed by atoms with Crippen LogP contribution in [0.3, 0.4) is 0 Å². The molecule has 2 N–H and O–H groups in total. The second-order valence-electron chi connectivity index (χ2n) is 6.42. The van der Waals surface area contributed by atoms with Gasteiger partial charge in [0.25, 0.3) is 0 Å². The molecule has 0 aromatic rings. The van der Waals surface area contributed by atoms with Crippen LogP contribution in [0.4, 0.5) is 0 Å². The maximum absolute atomic E-state index is 12.5. The van der Waals surface area contributed by atoms with Crippen LogP contribution in [0, 0.1) is 0 Å². The molecule has 0 spiro atoms. The largest absolute Gasteiger partial charge is 0.341 e. The average molecular weight is 296 g/mol. The van der Waals surface area contributed by atoms with Crippen LogP contribution < -0.4 is 5.73 Å². The van der Waals surface area contributed by atoms with E-state index < -0.39 is 0 Å². The number of carbonyl (C=O) groups is 1. The molecular formula is C16H32N4O. The first-order valence-corrected chi connectivity index (χ1v) is 8.64. The number of nitrogens with two attached hydrogens (primary N) is 1. The third-order valence-electron chi connectivity index (χ3n) is 5.16. The predicted molar refractivity (Wildman–Crippen MR) is 86.2 cm³/mol. The van der Waals surface area contributed by atoms with Crippen LogP contribution in [0.2, 0.25) is 0 Å². The number of piperazine rings is 1. The van der Waals surface area contributed by atoms with Gasteiger partial charge in [-0.3, -0.25) is 14.6 Å². The van der Waals surface area contributed by atoms with E-state index >= 15 is 0 Å². The Labute approximate surface area is 129 Å². The Kier molecular flexibility index (Phi) is 6.45. The molecule has 2 aliphatic rings. The van der Waals surface area contributed by atoms with E-state index in [1.54, 1.807) is 0 Å². The number of likely N-dealkylation sites (tertiary alicyclic amines) is 1. The van der Waals surface area contributed by atoms with E-state index in [4.69, 9.17) is 5.73 Å². The normalized spacial score (nSPS) is 24.2. The summed E-state index contributed by atoms with van der Waals surface area (Å²) in [6.07, 6.45) is 4.59. The summed E-state index contributed by atoms with van der Waals surface area (Å²) in [7, 11) is 0. The molecule has 0 aromatic carbocycles. The summed E-state index contributed by atoms with van der Waals surface area (Å²) in [4.78, 5) is 19.4. The number of rotatable bonds is 6. The first kappa shape index (κ1) is 16.7. The van der Waals surface area contributed by atoms with Crippen molar-refractivity contribution in [3.8, 4) is 0 Å². The zero-order valence-corrected chi connectivity index (χ0v) is 13.8. The summed E-state index contributed by atoms with van der Waals surface area (Å²) in [5.74, 6) is 0.329. The Bertz CT molecular complexity index is 322. The fourth-order valence-corrected chi connectivity index (χ4v) is 3.69. The predicted octanol–water partition coefficient (Wildman–Crippen LogP) is 0.742. The van der Waals surface area contributed by atoms with Crippen molar-refractivity contribution in [1.29, 1.82) is 0 Å². The van der Waals surface area contributed by atoms with Crippen LogP contribution in [0.15, 0.2) is 0 Å². The van der Waals surface area contributed by atoms with Crippen molar-refractivity contribution in [2.75, 3.05) is 45.8 Å². The molecule has 0 bridgehead atoms. The fraction of sp³-hybridized carbons (Fsp3) is 0.938. The van der Waals surface area contributed by atoms with E-state index in [2.05, 4.69) is 23.6 Å². The average Bonchev–Trinajstić information content (AvgIpc) is 3.06. The number of carbonyl (C=O) groups excluding carboxylic acids is 1. The lowest BCUT2D eigenvalue weighted by atomic mass is 10.1. The number of hydrogen-bond acceptors (Lipinski definition) is 4. The molecule has 2 aliphatic heterocycles.